The molecule has 0 bridgehead atoms. The summed E-state index contributed by atoms with van der Waals surface area (Å²) in [5, 5.41) is 4.85. The van der Waals surface area contributed by atoms with Crippen LogP contribution in [0.1, 0.15) is 37.1 Å². The van der Waals surface area contributed by atoms with E-state index in [2.05, 4.69) is 28.4 Å². The lowest BCUT2D eigenvalue weighted by atomic mass is 10.1. The van der Waals surface area contributed by atoms with Gasteiger partial charge in [-0.05, 0) is 43.7 Å². The van der Waals surface area contributed by atoms with Crippen molar-refractivity contribution in [2.24, 2.45) is 5.92 Å². The highest BCUT2D eigenvalue weighted by Gasteiger charge is 2.28. The SMILES string of the molecule is O=C1CCC(NCCc2nc3ccccc3s2)CCN1CC1CC1. The molecule has 0 radical (unpaired) electrons. The molecule has 1 N–H and O–H groups in total. The molecule has 4 rings (SSSR count). The van der Waals surface area contributed by atoms with Crippen LogP contribution in [-0.2, 0) is 11.2 Å². The molecule has 2 aromatic rings. The topological polar surface area (TPSA) is 45.2 Å². The number of hydrogen-bond donors (Lipinski definition) is 1. The minimum Gasteiger partial charge on any atom is -0.342 e. The highest BCUT2D eigenvalue weighted by atomic mass is 32.1. The molecule has 1 amide bonds. The van der Waals surface area contributed by atoms with Gasteiger partial charge in [0.05, 0.1) is 15.2 Å². The minimum atomic E-state index is 0.359. The Kier molecular flexibility index (Phi) is 4.81. The first kappa shape index (κ1) is 16.0. The van der Waals surface area contributed by atoms with Crippen molar-refractivity contribution < 1.29 is 4.79 Å². The molecule has 1 unspecified atom stereocenters. The van der Waals surface area contributed by atoms with Gasteiger partial charge < -0.3 is 10.2 Å². The summed E-state index contributed by atoms with van der Waals surface area (Å²) in [4.78, 5) is 19.0. The fourth-order valence-electron chi connectivity index (χ4n) is 3.46. The van der Waals surface area contributed by atoms with Gasteiger partial charge in [-0.2, -0.15) is 0 Å². The van der Waals surface area contributed by atoms with Crippen molar-refractivity contribution in [3.63, 3.8) is 0 Å². The molecule has 24 heavy (non-hydrogen) atoms. The number of fused-ring (bicyclic) bond motifs is 1. The number of benzene rings is 1. The molecule has 1 aliphatic heterocycles. The predicted octanol–water partition coefficient (Wildman–Crippen LogP) is 3.22. The van der Waals surface area contributed by atoms with E-state index in [9.17, 15) is 4.79 Å². The maximum atomic E-state index is 12.2. The first-order valence-corrected chi connectivity index (χ1v) is 9.95. The zero-order valence-electron chi connectivity index (χ0n) is 14.0. The maximum Gasteiger partial charge on any atom is 0.222 e. The number of carbonyl (C=O) groups is 1. The predicted molar refractivity (Wildman–Crippen MR) is 98.3 cm³/mol. The van der Waals surface area contributed by atoms with E-state index in [0.717, 1.165) is 50.3 Å². The lowest BCUT2D eigenvalue weighted by Gasteiger charge is -2.20. The number of rotatable bonds is 6. The monoisotopic (exact) mass is 343 g/mol. The smallest absolute Gasteiger partial charge is 0.222 e. The third-order valence-corrected chi connectivity index (χ3v) is 6.19. The zero-order valence-corrected chi connectivity index (χ0v) is 14.9. The number of nitrogens with zero attached hydrogens (tertiary/aromatic N) is 2. The molecular weight excluding hydrogens is 318 g/mol. The molecule has 1 saturated heterocycles. The number of aromatic nitrogens is 1. The number of carbonyl (C=O) groups excluding carboxylic acids is 1. The largest absolute Gasteiger partial charge is 0.342 e. The zero-order chi connectivity index (χ0) is 16.4. The van der Waals surface area contributed by atoms with Gasteiger partial charge in [-0.3, -0.25) is 4.79 Å². The van der Waals surface area contributed by atoms with E-state index in [-0.39, 0.29) is 0 Å². The Morgan fingerprint density at radius 3 is 2.92 bits per heavy atom. The first-order valence-electron chi connectivity index (χ1n) is 9.13. The van der Waals surface area contributed by atoms with Gasteiger partial charge in [-0.1, -0.05) is 12.1 Å². The molecule has 1 saturated carbocycles. The summed E-state index contributed by atoms with van der Waals surface area (Å²) >= 11 is 1.79. The van der Waals surface area contributed by atoms with Crippen molar-refractivity contribution in [2.45, 2.75) is 44.6 Å². The van der Waals surface area contributed by atoms with Crippen LogP contribution in [0.5, 0.6) is 0 Å². The molecule has 1 aromatic carbocycles. The Balaban J connectivity index is 1.25. The van der Waals surface area contributed by atoms with Gasteiger partial charge in [-0.15, -0.1) is 11.3 Å². The van der Waals surface area contributed by atoms with Crippen molar-refractivity contribution in [3.05, 3.63) is 29.3 Å². The number of hydrogen-bond acceptors (Lipinski definition) is 4. The summed E-state index contributed by atoms with van der Waals surface area (Å²) in [5.41, 5.74) is 1.10. The van der Waals surface area contributed by atoms with Crippen molar-refractivity contribution in [1.29, 1.82) is 0 Å². The lowest BCUT2D eigenvalue weighted by molar-refractivity contribution is -0.130. The summed E-state index contributed by atoms with van der Waals surface area (Å²) in [6.07, 6.45) is 6.35. The fraction of sp³-hybridized carbons (Fsp3) is 0.579. The van der Waals surface area contributed by atoms with Crippen molar-refractivity contribution in [1.82, 2.24) is 15.2 Å². The van der Waals surface area contributed by atoms with Gasteiger partial charge in [0.2, 0.25) is 5.91 Å². The summed E-state index contributed by atoms with van der Waals surface area (Å²) in [5.74, 6) is 1.15. The maximum absolute atomic E-state index is 12.2. The second-order valence-electron chi connectivity index (χ2n) is 7.09. The average Bonchev–Trinajstić information content (AvgIpc) is 3.34. The molecular formula is C19H25N3OS. The van der Waals surface area contributed by atoms with Gasteiger partial charge in [0.25, 0.3) is 0 Å². The van der Waals surface area contributed by atoms with Crippen molar-refractivity contribution in [3.8, 4) is 0 Å². The molecule has 2 fully saturated rings. The molecule has 2 aliphatic rings. The van der Waals surface area contributed by atoms with Crippen LogP contribution >= 0.6 is 11.3 Å². The fourth-order valence-corrected chi connectivity index (χ4v) is 4.42. The third kappa shape index (κ3) is 3.95. The second kappa shape index (κ2) is 7.19. The van der Waals surface area contributed by atoms with Gasteiger partial charge in [0, 0.05) is 38.5 Å². The van der Waals surface area contributed by atoms with Crippen LogP contribution in [0.2, 0.25) is 0 Å². The standard InChI is InChI=1S/C19H25N3OS/c23-19-8-7-15(10-12-22(19)13-14-5-6-14)20-11-9-18-21-16-3-1-2-4-17(16)24-18/h1-4,14-15,20H,5-13H2. The van der Waals surface area contributed by atoms with Crippen LogP contribution in [0.15, 0.2) is 24.3 Å². The van der Waals surface area contributed by atoms with Gasteiger partial charge in [0.1, 0.15) is 0 Å². The molecule has 5 heteroatoms. The van der Waals surface area contributed by atoms with Crippen molar-refractivity contribution >= 4 is 27.5 Å². The molecule has 128 valence electrons. The third-order valence-electron chi connectivity index (χ3n) is 5.09. The van der Waals surface area contributed by atoms with Crippen LogP contribution in [-0.4, -0.2) is 41.5 Å². The van der Waals surface area contributed by atoms with Crippen LogP contribution < -0.4 is 5.32 Å². The number of nitrogens with one attached hydrogen (secondary N) is 1. The Morgan fingerprint density at radius 1 is 1.21 bits per heavy atom. The second-order valence-corrected chi connectivity index (χ2v) is 8.20. The summed E-state index contributed by atoms with van der Waals surface area (Å²) in [6, 6.07) is 8.79. The Hall–Kier alpha value is -1.46. The van der Waals surface area contributed by atoms with Crippen LogP contribution in [0.3, 0.4) is 0 Å². The molecule has 4 nitrogen and oxygen atoms in total. The Bertz CT molecular complexity index is 676. The molecule has 1 aliphatic carbocycles. The molecule has 1 aromatic heterocycles. The average molecular weight is 343 g/mol. The van der Waals surface area contributed by atoms with Gasteiger partial charge in [0.15, 0.2) is 0 Å². The van der Waals surface area contributed by atoms with E-state index in [0.29, 0.717) is 18.4 Å². The summed E-state index contributed by atoms with van der Waals surface area (Å²) < 4.78 is 1.27. The molecule has 0 spiro atoms. The van der Waals surface area contributed by atoms with Crippen molar-refractivity contribution in [2.75, 3.05) is 19.6 Å². The van der Waals surface area contributed by atoms with Crippen LogP contribution in [0.25, 0.3) is 10.2 Å². The minimum absolute atomic E-state index is 0.359. The summed E-state index contributed by atoms with van der Waals surface area (Å²) in [7, 11) is 0. The highest BCUT2D eigenvalue weighted by Crippen LogP contribution is 2.30. The number of amides is 1. The van der Waals surface area contributed by atoms with E-state index in [1.807, 2.05) is 6.07 Å². The number of likely N-dealkylation sites (tertiary alicyclic amines) is 1. The molecule has 2 heterocycles. The summed E-state index contributed by atoms with van der Waals surface area (Å²) in [6.45, 7) is 2.87. The van der Waals surface area contributed by atoms with Gasteiger partial charge in [-0.25, -0.2) is 4.98 Å². The van der Waals surface area contributed by atoms with Crippen LogP contribution in [0, 0.1) is 5.92 Å². The Labute approximate surface area is 147 Å². The molecule has 1 atom stereocenters. The Morgan fingerprint density at radius 2 is 2.08 bits per heavy atom. The number of thiazole rings is 1. The quantitative estimate of drug-likeness (QED) is 0.876. The van der Waals surface area contributed by atoms with E-state index in [1.165, 1.54) is 22.5 Å². The van der Waals surface area contributed by atoms with E-state index in [1.54, 1.807) is 11.3 Å². The first-order chi connectivity index (χ1) is 11.8. The van der Waals surface area contributed by atoms with Gasteiger partial charge >= 0.3 is 0 Å². The number of para-hydroxylation sites is 1. The van der Waals surface area contributed by atoms with E-state index >= 15 is 0 Å². The van der Waals surface area contributed by atoms with E-state index in [4.69, 9.17) is 4.98 Å². The lowest BCUT2D eigenvalue weighted by Crippen LogP contribution is -2.34. The highest BCUT2D eigenvalue weighted by molar-refractivity contribution is 7.18. The van der Waals surface area contributed by atoms with Crippen LogP contribution in [0.4, 0.5) is 0 Å². The normalized spacial score (nSPS) is 22.1. The van der Waals surface area contributed by atoms with E-state index < -0.39 is 0 Å².